The molecule has 0 aliphatic rings. The number of oxazole rings is 1. The third-order valence-electron chi connectivity index (χ3n) is 4.31. The molecule has 0 fully saturated rings. The highest BCUT2D eigenvalue weighted by molar-refractivity contribution is 7.11. The summed E-state index contributed by atoms with van der Waals surface area (Å²) in [6.45, 7) is 4.98. The summed E-state index contributed by atoms with van der Waals surface area (Å²) in [7, 11) is 0. The normalized spacial score (nSPS) is 11.2. The molecule has 4 rings (SSSR count). The quantitative estimate of drug-likeness (QED) is 0.555. The van der Waals surface area contributed by atoms with E-state index in [-0.39, 0.29) is 11.6 Å². The summed E-state index contributed by atoms with van der Waals surface area (Å²) in [6.07, 6.45) is 3.84. The number of nitrogens with one attached hydrogen (secondary N) is 1. The van der Waals surface area contributed by atoms with Crippen molar-refractivity contribution in [2.45, 2.75) is 26.8 Å². The van der Waals surface area contributed by atoms with Gasteiger partial charge in [-0.05, 0) is 26.0 Å². The maximum atomic E-state index is 12.3. The molecule has 0 radical (unpaired) electrons. The van der Waals surface area contributed by atoms with Gasteiger partial charge < -0.3 is 14.3 Å². The molecule has 1 N–H and O–H groups in total. The summed E-state index contributed by atoms with van der Waals surface area (Å²) < 4.78 is 7.40. The van der Waals surface area contributed by atoms with Crippen LogP contribution in [0.5, 0.6) is 0 Å². The molecule has 3 heterocycles. The van der Waals surface area contributed by atoms with E-state index in [0.29, 0.717) is 25.4 Å². The van der Waals surface area contributed by atoms with Crippen molar-refractivity contribution < 1.29 is 9.21 Å². The predicted molar refractivity (Wildman–Crippen MR) is 103 cm³/mol. The van der Waals surface area contributed by atoms with E-state index in [1.54, 1.807) is 17.7 Å². The van der Waals surface area contributed by atoms with Gasteiger partial charge in [-0.1, -0.05) is 12.1 Å². The number of hydrogen-bond donors (Lipinski definition) is 1. The van der Waals surface area contributed by atoms with Crippen LogP contribution in [0, 0.1) is 13.8 Å². The third kappa shape index (κ3) is 3.75. The Labute approximate surface area is 160 Å². The van der Waals surface area contributed by atoms with E-state index in [0.717, 1.165) is 21.7 Å². The van der Waals surface area contributed by atoms with Crippen LogP contribution in [0.1, 0.15) is 32.0 Å². The Morgan fingerprint density at radius 2 is 2.11 bits per heavy atom. The minimum atomic E-state index is -0.245. The van der Waals surface area contributed by atoms with Gasteiger partial charge in [-0.15, -0.1) is 11.3 Å². The van der Waals surface area contributed by atoms with Gasteiger partial charge in [0.05, 0.1) is 28.1 Å². The molecule has 0 aliphatic carbocycles. The lowest BCUT2D eigenvalue weighted by atomic mass is 10.3. The predicted octanol–water partition coefficient (Wildman–Crippen LogP) is 3.12. The standard InChI is InChI=1S/C19H19N5O2S/c1-12-13(2)27-18(22-12)7-8-20-19(25)15-10-26-17(23-15)9-24-11-21-14-5-3-4-6-16(14)24/h3-6,10-11H,7-9H2,1-2H3,(H,20,25). The van der Waals surface area contributed by atoms with Crippen LogP contribution >= 0.6 is 11.3 Å². The van der Waals surface area contributed by atoms with Crippen LogP contribution < -0.4 is 5.32 Å². The molecule has 1 aromatic carbocycles. The van der Waals surface area contributed by atoms with Crippen molar-refractivity contribution in [2.24, 2.45) is 0 Å². The van der Waals surface area contributed by atoms with Crippen LogP contribution in [0.4, 0.5) is 0 Å². The first-order valence-electron chi connectivity index (χ1n) is 8.65. The molecule has 0 aliphatic heterocycles. The highest BCUT2D eigenvalue weighted by Crippen LogP contribution is 2.17. The average molecular weight is 381 g/mol. The van der Waals surface area contributed by atoms with E-state index < -0.39 is 0 Å². The van der Waals surface area contributed by atoms with Crippen molar-refractivity contribution in [1.29, 1.82) is 0 Å². The number of imidazole rings is 1. The Kier molecular flexibility index (Phi) is 4.72. The van der Waals surface area contributed by atoms with Gasteiger partial charge in [-0.25, -0.2) is 15.0 Å². The zero-order chi connectivity index (χ0) is 18.8. The largest absolute Gasteiger partial charge is 0.446 e. The highest BCUT2D eigenvalue weighted by Gasteiger charge is 2.13. The minimum absolute atomic E-state index is 0.245. The molecular formula is C19H19N5O2S. The van der Waals surface area contributed by atoms with Gasteiger partial charge in [-0.2, -0.15) is 0 Å². The maximum Gasteiger partial charge on any atom is 0.273 e. The monoisotopic (exact) mass is 381 g/mol. The van der Waals surface area contributed by atoms with Crippen molar-refractivity contribution in [3.8, 4) is 0 Å². The van der Waals surface area contributed by atoms with Gasteiger partial charge in [0, 0.05) is 17.8 Å². The van der Waals surface area contributed by atoms with Gasteiger partial charge in [-0.3, -0.25) is 4.79 Å². The van der Waals surface area contributed by atoms with Gasteiger partial charge >= 0.3 is 0 Å². The van der Waals surface area contributed by atoms with E-state index in [2.05, 4.69) is 27.2 Å². The summed E-state index contributed by atoms with van der Waals surface area (Å²) in [5, 5.41) is 3.89. The number of thiazole rings is 1. The fourth-order valence-electron chi connectivity index (χ4n) is 2.79. The van der Waals surface area contributed by atoms with Crippen LogP contribution in [-0.4, -0.2) is 32.0 Å². The summed E-state index contributed by atoms with van der Waals surface area (Å²) >= 11 is 1.66. The molecule has 0 bridgehead atoms. The first-order valence-corrected chi connectivity index (χ1v) is 9.47. The Balaban J connectivity index is 1.36. The van der Waals surface area contributed by atoms with Crippen molar-refractivity contribution in [3.05, 3.63) is 64.0 Å². The lowest BCUT2D eigenvalue weighted by Crippen LogP contribution is -2.26. The van der Waals surface area contributed by atoms with E-state index in [4.69, 9.17) is 4.42 Å². The molecule has 1 amide bonds. The van der Waals surface area contributed by atoms with Crippen molar-refractivity contribution in [3.63, 3.8) is 0 Å². The zero-order valence-electron chi connectivity index (χ0n) is 15.1. The molecule has 4 aromatic rings. The Bertz CT molecular complexity index is 1080. The fourth-order valence-corrected chi connectivity index (χ4v) is 3.72. The molecule has 0 saturated carbocycles. The smallest absolute Gasteiger partial charge is 0.273 e. The molecule has 0 unspecified atom stereocenters. The van der Waals surface area contributed by atoms with Gasteiger partial charge in [0.2, 0.25) is 5.89 Å². The third-order valence-corrected chi connectivity index (χ3v) is 5.45. The van der Waals surface area contributed by atoms with Crippen molar-refractivity contribution >= 4 is 28.3 Å². The molecule has 0 spiro atoms. The number of aromatic nitrogens is 4. The molecule has 3 aromatic heterocycles. The summed E-state index contributed by atoms with van der Waals surface area (Å²) in [5.74, 6) is 0.222. The Morgan fingerprint density at radius 3 is 2.93 bits per heavy atom. The molecule has 8 heteroatoms. The number of fused-ring (bicyclic) bond motifs is 1. The van der Waals surface area contributed by atoms with E-state index >= 15 is 0 Å². The van der Waals surface area contributed by atoms with Gasteiger partial charge in [0.1, 0.15) is 12.8 Å². The van der Waals surface area contributed by atoms with Crippen LogP contribution in [0.3, 0.4) is 0 Å². The fraction of sp³-hybridized carbons (Fsp3) is 0.263. The molecule has 138 valence electrons. The number of nitrogens with zero attached hydrogens (tertiary/aromatic N) is 4. The second kappa shape index (κ2) is 7.32. The number of carbonyl (C=O) groups excluding carboxylic acids is 1. The molecular weight excluding hydrogens is 362 g/mol. The molecule has 27 heavy (non-hydrogen) atoms. The van der Waals surface area contributed by atoms with Gasteiger partial charge in [0.25, 0.3) is 5.91 Å². The van der Waals surface area contributed by atoms with Crippen molar-refractivity contribution in [1.82, 2.24) is 24.8 Å². The lowest BCUT2D eigenvalue weighted by molar-refractivity contribution is 0.0949. The number of amides is 1. The van der Waals surface area contributed by atoms with Crippen LogP contribution in [0.2, 0.25) is 0 Å². The summed E-state index contributed by atoms with van der Waals surface area (Å²) in [4.78, 5) is 26.6. The zero-order valence-corrected chi connectivity index (χ0v) is 15.9. The number of carbonyl (C=O) groups is 1. The SMILES string of the molecule is Cc1nc(CCNC(=O)c2coc(Cn3cnc4ccccc43)n2)sc1C. The van der Waals surface area contributed by atoms with Crippen molar-refractivity contribution in [2.75, 3.05) is 6.54 Å². The molecule has 7 nitrogen and oxygen atoms in total. The number of benzene rings is 1. The Morgan fingerprint density at radius 1 is 1.26 bits per heavy atom. The second-order valence-corrected chi connectivity index (χ2v) is 7.53. The minimum Gasteiger partial charge on any atom is -0.446 e. The first-order chi connectivity index (χ1) is 13.1. The Hall–Kier alpha value is -3.00. The van der Waals surface area contributed by atoms with Crippen LogP contribution in [-0.2, 0) is 13.0 Å². The summed E-state index contributed by atoms with van der Waals surface area (Å²) in [5.41, 5.74) is 3.24. The molecule has 0 atom stereocenters. The number of aryl methyl sites for hydroxylation is 2. The number of para-hydroxylation sites is 2. The highest BCUT2D eigenvalue weighted by atomic mass is 32.1. The second-order valence-electron chi connectivity index (χ2n) is 6.24. The number of hydrogen-bond acceptors (Lipinski definition) is 6. The molecule has 0 saturated heterocycles. The van der Waals surface area contributed by atoms with E-state index in [1.165, 1.54) is 11.1 Å². The van der Waals surface area contributed by atoms with E-state index in [1.807, 2.05) is 35.8 Å². The van der Waals surface area contributed by atoms with Crippen LogP contribution in [0.25, 0.3) is 11.0 Å². The van der Waals surface area contributed by atoms with Gasteiger partial charge in [0.15, 0.2) is 5.69 Å². The van der Waals surface area contributed by atoms with Crippen LogP contribution in [0.15, 0.2) is 41.3 Å². The topological polar surface area (TPSA) is 85.8 Å². The van der Waals surface area contributed by atoms with E-state index in [9.17, 15) is 4.79 Å². The average Bonchev–Trinajstić information content (AvgIpc) is 3.36. The number of rotatable bonds is 6. The lowest BCUT2D eigenvalue weighted by Gasteiger charge is -2.01. The summed E-state index contributed by atoms with van der Waals surface area (Å²) in [6, 6.07) is 7.84. The first kappa shape index (κ1) is 17.4. The maximum absolute atomic E-state index is 12.3.